The highest BCUT2D eigenvalue weighted by Gasteiger charge is 2.20. The minimum absolute atomic E-state index is 1.09. The fourth-order valence-electron chi connectivity index (χ4n) is 8.42. The standard InChI is InChI=1S/C58H41N/c1-3-16-42(17-4-1)44-34-38-49(39-35-44)59(50-40-36-45(37-41-50)43-30-32-48(33-31-43)52-28-15-21-47-20-7-8-22-51(47)52)58-29-14-13-27-57(58)56-26-12-11-25-55(56)54-24-10-9-23-53(54)46-18-5-2-6-19-46/h1-41H. The maximum absolute atomic E-state index is 2.40. The third kappa shape index (κ3) is 7.12. The molecule has 1 nitrogen and oxygen atoms in total. The van der Waals surface area contributed by atoms with Crippen LogP contribution in [0.3, 0.4) is 0 Å². The summed E-state index contributed by atoms with van der Waals surface area (Å²) >= 11 is 0. The van der Waals surface area contributed by atoms with Gasteiger partial charge in [-0.15, -0.1) is 0 Å². The van der Waals surface area contributed by atoms with Gasteiger partial charge in [-0.1, -0.05) is 218 Å². The summed E-state index contributed by atoms with van der Waals surface area (Å²) in [6, 6.07) is 89.7. The van der Waals surface area contributed by atoms with Crippen LogP contribution in [0.1, 0.15) is 0 Å². The van der Waals surface area contributed by atoms with Crippen molar-refractivity contribution >= 4 is 27.8 Å². The van der Waals surface area contributed by atoms with E-state index in [0.717, 1.165) is 22.6 Å². The largest absolute Gasteiger partial charge is 0.310 e. The Morgan fingerprint density at radius 1 is 0.203 bits per heavy atom. The number of rotatable bonds is 9. The Kier molecular flexibility index (Phi) is 9.68. The summed E-state index contributed by atoms with van der Waals surface area (Å²) in [5.41, 5.74) is 17.7. The normalized spacial score (nSPS) is 11.1. The maximum Gasteiger partial charge on any atom is 0.0540 e. The molecule has 10 aromatic rings. The van der Waals surface area contributed by atoms with E-state index in [1.807, 2.05) is 0 Å². The Morgan fingerprint density at radius 2 is 0.559 bits per heavy atom. The molecule has 0 fully saturated rings. The van der Waals surface area contributed by atoms with Crippen LogP contribution in [0.5, 0.6) is 0 Å². The molecular weight excluding hydrogens is 711 g/mol. The first-order valence-electron chi connectivity index (χ1n) is 20.3. The highest BCUT2D eigenvalue weighted by atomic mass is 15.1. The van der Waals surface area contributed by atoms with Crippen LogP contribution in [0.4, 0.5) is 17.1 Å². The van der Waals surface area contributed by atoms with E-state index in [4.69, 9.17) is 0 Å². The second-order valence-electron chi connectivity index (χ2n) is 14.9. The molecule has 0 aromatic heterocycles. The molecule has 0 unspecified atom stereocenters. The molecule has 0 aliphatic carbocycles. The van der Waals surface area contributed by atoms with Gasteiger partial charge < -0.3 is 4.90 Å². The fraction of sp³-hybridized carbons (Fsp3) is 0. The zero-order valence-corrected chi connectivity index (χ0v) is 32.6. The van der Waals surface area contributed by atoms with E-state index in [9.17, 15) is 0 Å². The van der Waals surface area contributed by atoms with Gasteiger partial charge in [0.25, 0.3) is 0 Å². The summed E-state index contributed by atoms with van der Waals surface area (Å²) in [5, 5.41) is 2.53. The molecule has 10 rings (SSSR count). The van der Waals surface area contributed by atoms with Crippen molar-refractivity contribution in [2.24, 2.45) is 0 Å². The zero-order valence-electron chi connectivity index (χ0n) is 32.6. The van der Waals surface area contributed by atoms with Gasteiger partial charge in [-0.05, 0) is 102 Å². The minimum atomic E-state index is 1.09. The first-order valence-corrected chi connectivity index (χ1v) is 20.3. The summed E-state index contributed by atoms with van der Waals surface area (Å²) < 4.78 is 0. The molecule has 0 spiro atoms. The molecule has 0 atom stereocenters. The average Bonchev–Trinajstić information content (AvgIpc) is 3.33. The van der Waals surface area contributed by atoms with Crippen LogP contribution < -0.4 is 4.90 Å². The van der Waals surface area contributed by atoms with Crippen molar-refractivity contribution in [3.05, 3.63) is 249 Å². The van der Waals surface area contributed by atoms with Gasteiger partial charge in [-0.3, -0.25) is 0 Å². The summed E-state index contributed by atoms with van der Waals surface area (Å²) in [6.07, 6.45) is 0. The van der Waals surface area contributed by atoms with Gasteiger partial charge in [0.05, 0.1) is 5.69 Å². The predicted octanol–water partition coefficient (Wildman–Crippen LogP) is 16.3. The second kappa shape index (κ2) is 16.0. The van der Waals surface area contributed by atoms with Crippen LogP contribution in [0.2, 0.25) is 0 Å². The highest BCUT2D eigenvalue weighted by molar-refractivity contribution is 5.98. The van der Waals surface area contributed by atoms with Crippen molar-refractivity contribution in [2.75, 3.05) is 4.90 Å². The summed E-state index contributed by atoms with van der Waals surface area (Å²) in [5.74, 6) is 0. The highest BCUT2D eigenvalue weighted by Crippen LogP contribution is 2.45. The lowest BCUT2D eigenvalue weighted by Crippen LogP contribution is -2.11. The molecule has 10 aromatic carbocycles. The Labute approximate surface area is 346 Å². The molecule has 0 saturated heterocycles. The van der Waals surface area contributed by atoms with Crippen molar-refractivity contribution < 1.29 is 0 Å². The van der Waals surface area contributed by atoms with Crippen LogP contribution in [-0.4, -0.2) is 0 Å². The van der Waals surface area contributed by atoms with Crippen LogP contribution in [0.15, 0.2) is 249 Å². The van der Waals surface area contributed by atoms with E-state index in [1.54, 1.807) is 0 Å². The number of benzene rings is 10. The van der Waals surface area contributed by atoms with E-state index in [-0.39, 0.29) is 0 Å². The van der Waals surface area contributed by atoms with Gasteiger partial charge in [0.2, 0.25) is 0 Å². The average molecular weight is 752 g/mol. The second-order valence-corrected chi connectivity index (χ2v) is 14.9. The van der Waals surface area contributed by atoms with E-state index in [2.05, 4.69) is 254 Å². The quantitative estimate of drug-likeness (QED) is 0.142. The molecule has 0 N–H and O–H groups in total. The maximum atomic E-state index is 2.40. The van der Waals surface area contributed by atoms with Crippen LogP contribution >= 0.6 is 0 Å². The molecule has 1 heteroatoms. The molecule has 0 aliphatic rings. The zero-order chi connectivity index (χ0) is 39.4. The van der Waals surface area contributed by atoms with Gasteiger partial charge >= 0.3 is 0 Å². The van der Waals surface area contributed by atoms with Crippen LogP contribution in [-0.2, 0) is 0 Å². The molecule has 0 amide bonds. The summed E-state index contributed by atoms with van der Waals surface area (Å²) in [6.45, 7) is 0. The van der Waals surface area contributed by atoms with Gasteiger partial charge in [-0.25, -0.2) is 0 Å². The molecule has 59 heavy (non-hydrogen) atoms. The lowest BCUT2D eigenvalue weighted by atomic mass is 9.88. The minimum Gasteiger partial charge on any atom is -0.310 e. The summed E-state index contributed by atoms with van der Waals surface area (Å²) in [7, 11) is 0. The lowest BCUT2D eigenvalue weighted by Gasteiger charge is -2.29. The van der Waals surface area contributed by atoms with E-state index < -0.39 is 0 Å². The van der Waals surface area contributed by atoms with Gasteiger partial charge in [0.15, 0.2) is 0 Å². The topological polar surface area (TPSA) is 3.24 Å². The number of hydrogen-bond donors (Lipinski definition) is 0. The predicted molar refractivity (Wildman–Crippen MR) is 251 cm³/mol. The van der Waals surface area contributed by atoms with Gasteiger partial charge in [-0.2, -0.15) is 0 Å². The Hall–Kier alpha value is -7.74. The third-order valence-corrected chi connectivity index (χ3v) is 11.3. The fourth-order valence-corrected chi connectivity index (χ4v) is 8.42. The number of anilines is 3. The molecule has 0 aliphatic heterocycles. The van der Waals surface area contributed by atoms with Crippen molar-refractivity contribution in [1.82, 2.24) is 0 Å². The number of hydrogen-bond acceptors (Lipinski definition) is 1. The molecule has 0 bridgehead atoms. The van der Waals surface area contributed by atoms with Crippen molar-refractivity contribution in [1.29, 1.82) is 0 Å². The monoisotopic (exact) mass is 751 g/mol. The Balaban J connectivity index is 1.06. The first-order chi connectivity index (χ1) is 29.3. The molecule has 0 heterocycles. The first kappa shape index (κ1) is 35.7. The smallest absolute Gasteiger partial charge is 0.0540 e. The Bertz CT molecular complexity index is 3000. The van der Waals surface area contributed by atoms with E-state index >= 15 is 0 Å². The molecule has 278 valence electrons. The van der Waals surface area contributed by atoms with Crippen LogP contribution in [0, 0.1) is 0 Å². The third-order valence-electron chi connectivity index (χ3n) is 11.3. The number of nitrogens with zero attached hydrogens (tertiary/aromatic N) is 1. The summed E-state index contributed by atoms with van der Waals surface area (Å²) in [4.78, 5) is 2.40. The van der Waals surface area contributed by atoms with Crippen molar-refractivity contribution in [3.63, 3.8) is 0 Å². The SMILES string of the molecule is c1ccc(-c2ccc(N(c3ccc(-c4ccc(-c5cccc6ccccc56)cc4)cc3)c3ccccc3-c3ccccc3-c3ccccc3-c3ccccc3)cc2)cc1. The molecule has 0 radical (unpaired) electrons. The van der Waals surface area contributed by atoms with Crippen molar-refractivity contribution in [2.45, 2.75) is 0 Å². The Morgan fingerprint density at radius 3 is 1.17 bits per heavy atom. The van der Waals surface area contributed by atoms with Crippen LogP contribution in [0.25, 0.3) is 77.5 Å². The number of fused-ring (bicyclic) bond motifs is 1. The van der Waals surface area contributed by atoms with Gasteiger partial charge in [0, 0.05) is 16.9 Å². The van der Waals surface area contributed by atoms with E-state index in [0.29, 0.717) is 0 Å². The molecular formula is C58H41N. The van der Waals surface area contributed by atoms with E-state index in [1.165, 1.54) is 72.0 Å². The van der Waals surface area contributed by atoms with Gasteiger partial charge in [0.1, 0.15) is 0 Å². The molecule has 0 saturated carbocycles. The number of para-hydroxylation sites is 1. The lowest BCUT2D eigenvalue weighted by molar-refractivity contribution is 1.28. The van der Waals surface area contributed by atoms with Crippen molar-refractivity contribution in [3.8, 4) is 66.8 Å².